The van der Waals surface area contributed by atoms with Gasteiger partial charge in [-0.1, -0.05) is 19.9 Å². The van der Waals surface area contributed by atoms with Crippen LogP contribution in [-0.2, 0) is 12.8 Å². The van der Waals surface area contributed by atoms with Crippen LogP contribution < -0.4 is 5.73 Å². The van der Waals surface area contributed by atoms with E-state index in [2.05, 4.69) is 28.8 Å². The number of anilines is 1. The molecule has 0 aliphatic heterocycles. The first-order valence-corrected chi connectivity index (χ1v) is 6.24. The number of nitrogen functional groups attached to an aromatic ring is 1. The summed E-state index contributed by atoms with van der Waals surface area (Å²) in [5.74, 6) is 1.18. The molecule has 0 radical (unpaired) electrons. The fourth-order valence-corrected chi connectivity index (χ4v) is 1.96. The third-order valence-corrected chi connectivity index (χ3v) is 3.10. The van der Waals surface area contributed by atoms with Crippen molar-refractivity contribution >= 4 is 5.82 Å². The summed E-state index contributed by atoms with van der Waals surface area (Å²) in [6.07, 6.45) is 3.52. The predicted octanol–water partition coefficient (Wildman–Crippen LogP) is 2.55. The highest BCUT2D eigenvalue weighted by atomic mass is 15.0. The van der Waals surface area contributed by atoms with Crippen molar-refractivity contribution in [3.05, 3.63) is 35.2 Å². The Balaban J connectivity index is 2.61. The summed E-state index contributed by atoms with van der Waals surface area (Å²) in [4.78, 5) is 13.3. The van der Waals surface area contributed by atoms with E-state index in [-0.39, 0.29) is 0 Å². The van der Waals surface area contributed by atoms with Crippen LogP contribution in [0.15, 0.2) is 18.3 Å². The van der Waals surface area contributed by atoms with E-state index in [1.165, 1.54) is 0 Å². The van der Waals surface area contributed by atoms with Crippen molar-refractivity contribution in [3.8, 4) is 11.5 Å². The molecule has 2 N–H and O–H groups in total. The number of hydrogen-bond donors (Lipinski definition) is 1. The number of rotatable bonds is 3. The molecule has 0 aliphatic carbocycles. The maximum Gasteiger partial charge on any atom is 0.180 e. The van der Waals surface area contributed by atoms with E-state index in [1.807, 2.05) is 19.1 Å². The van der Waals surface area contributed by atoms with E-state index in [4.69, 9.17) is 5.73 Å². The Morgan fingerprint density at radius 3 is 2.61 bits per heavy atom. The Morgan fingerprint density at radius 1 is 1.17 bits per heavy atom. The fourth-order valence-electron chi connectivity index (χ4n) is 1.96. The van der Waals surface area contributed by atoms with Crippen LogP contribution in [0, 0.1) is 6.92 Å². The predicted molar refractivity (Wildman–Crippen MR) is 73.2 cm³/mol. The minimum Gasteiger partial charge on any atom is -0.383 e. The minimum absolute atomic E-state index is 0.546. The average Bonchev–Trinajstić information content (AvgIpc) is 2.41. The number of hydrogen-bond acceptors (Lipinski definition) is 4. The molecule has 2 heterocycles. The van der Waals surface area contributed by atoms with Crippen LogP contribution in [-0.4, -0.2) is 15.0 Å². The Kier molecular flexibility index (Phi) is 3.55. The number of nitrogens with zero attached hydrogens (tertiary/aromatic N) is 3. The van der Waals surface area contributed by atoms with Crippen molar-refractivity contribution < 1.29 is 0 Å². The molecule has 0 unspecified atom stereocenters. The van der Waals surface area contributed by atoms with E-state index >= 15 is 0 Å². The van der Waals surface area contributed by atoms with Crippen LogP contribution in [0.25, 0.3) is 11.5 Å². The van der Waals surface area contributed by atoms with Crippen LogP contribution in [0.1, 0.15) is 30.7 Å². The van der Waals surface area contributed by atoms with E-state index in [0.717, 1.165) is 35.4 Å². The summed E-state index contributed by atoms with van der Waals surface area (Å²) in [6.45, 7) is 6.12. The van der Waals surface area contributed by atoms with Gasteiger partial charge in [0.05, 0.1) is 0 Å². The van der Waals surface area contributed by atoms with Crippen molar-refractivity contribution in [2.24, 2.45) is 0 Å². The zero-order chi connectivity index (χ0) is 13.1. The molecule has 0 spiro atoms. The molecule has 0 atom stereocenters. The quantitative estimate of drug-likeness (QED) is 0.898. The molecule has 0 saturated heterocycles. The highest BCUT2D eigenvalue weighted by Gasteiger charge is 2.12. The van der Waals surface area contributed by atoms with Gasteiger partial charge in [-0.15, -0.1) is 0 Å². The van der Waals surface area contributed by atoms with Crippen molar-refractivity contribution in [1.29, 1.82) is 0 Å². The molecule has 0 bridgehead atoms. The third-order valence-electron chi connectivity index (χ3n) is 3.10. The maximum absolute atomic E-state index is 5.95. The van der Waals surface area contributed by atoms with E-state index in [9.17, 15) is 0 Å². The molecule has 0 saturated carbocycles. The van der Waals surface area contributed by atoms with Gasteiger partial charge in [-0.25, -0.2) is 9.97 Å². The van der Waals surface area contributed by atoms with Gasteiger partial charge in [-0.3, -0.25) is 4.98 Å². The lowest BCUT2D eigenvalue weighted by Crippen LogP contribution is -2.06. The first kappa shape index (κ1) is 12.5. The molecular formula is C14H18N4. The first-order chi connectivity index (χ1) is 8.67. The topological polar surface area (TPSA) is 64.7 Å². The van der Waals surface area contributed by atoms with Gasteiger partial charge in [0, 0.05) is 17.5 Å². The van der Waals surface area contributed by atoms with E-state index in [1.54, 1.807) is 6.20 Å². The number of nitrogens with two attached hydrogens (primary N) is 1. The first-order valence-electron chi connectivity index (χ1n) is 6.24. The lowest BCUT2D eigenvalue weighted by molar-refractivity contribution is 0.969. The Labute approximate surface area is 107 Å². The minimum atomic E-state index is 0.546. The Hall–Kier alpha value is -1.97. The van der Waals surface area contributed by atoms with Crippen LogP contribution in [0.3, 0.4) is 0 Å². The van der Waals surface area contributed by atoms with Gasteiger partial charge in [0.25, 0.3) is 0 Å². The van der Waals surface area contributed by atoms with Crippen LogP contribution in [0.5, 0.6) is 0 Å². The van der Waals surface area contributed by atoms with Gasteiger partial charge in [0.2, 0.25) is 0 Å². The zero-order valence-electron chi connectivity index (χ0n) is 11.1. The standard InChI is InChI=1S/C14H18N4/c1-4-10-7-6-8-16-12(10)14-17-11(5-2)9(3)13(15)18-14/h6-8H,4-5H2,1-3H3,(H2,15,17,18). The Morgan fingerprint density at radius 2 is 1.94 bits per heavy atom. The third kappa shape index (κ3) is 2.18. The lowest BCUT2D eigenvalue weighted by atomic mass is 10.1. The van der Waals surface area contributed by atoms with Gasteiger partial charge >= 0.3 is 0 Å². The van der Waals surface area contributed by atoms with Gasteiger partial charge in [-0.2, -0.15) is 0 Å². The van der Waals surface area contributed by atoms with Gasteiger partial charge in [0.1, 0.15) is 11.5 Å². The van der Waals surface area contributed by atoms with Gasteiger partial charge in [-0.05, 0) is 31.4 Å². The molecule has 4 nitrogen and oxygen atoms in total. The molecule has 94 valence electrons. The molecule has 0 fully saturated rings. The van der Waals surface area contributed by atoms with Crippen molar-refractivity contribution in [1.82, 2.24) is 15.0 Å². The van der Waals surface area contributed by atoms with Crippen LogP contribution in [0.2, 0.25) is 0 Å². The smallest absolute Gasteiger partial charge is 0.180 e. The molecule has 4 heteroatoms. The Bertz CT molecular complexity index is 564. The summed E-state index contributed by atoms with van der Waals surface area (Å²) in [7, 11) is 0. The van der Waals surface area contributed by atoms with E-state index < -0.39 is 0 Å². The number of pyridine rings is 1. The second-order valence-electron chi connectivity index (χ2n) is 4.22. The normalized spacial score (nSPS) is 10.6. The van der Waals surface area contributed by atoms with E-state index in [0.29, 0.717) is 11.6 Å². The molecule has 18 heavy (non-hydrogen) atoms. The summed E-state index contributed by atoms with van der Waals surface area (Å²) in [5.41, 5.74) is 9.88. The number of aryl methyl sites for hydroxylation is 2. The zero-order valence-corrected chi connectivity index (χ0v) is 11.1. The van der Waals surface area contributed by atoms with Crippen LogP contribution >= 0.6 is 0 Å². The highest BCUT2D eigenvalue weighted by Crippen LogP contribution is 2.22. The molecule has 2 rings (SSSR count). The molecule has 2 aromatic rings. The van der Waals surface area contributed by atoms with Crippen LogP contribution in [0.4, 0.5) is 5.82 Å². The maximum atomic E-state index is 5.95. The second kappa shape index (κ2) is 5.12. The largest absolute Gasteiger partial charge is 0.383 e. The van der Waals surface area contributed by atoms with Gasteiger partial charge < -0.3 is 5.73 Å². The average molecular weight is 242 g/mol. The van der Waals surface area contributed by atoms with Crippen molar-refractivity contribution in [2.75, 3.05) is 5.73 Å². The van der Waals surface area contributed by atoms with Crippen molar-refractivity contribution in [3.63, 3.8) is 0 Å². The molecule has 0 amide bonds. The second-order valence-corrected chi connectivity index (χ2v) is 4.22. The SMILES string of the molecule is CCc1cccnc1-c1nc(N)c(C)c(CC)n1. The fraction of sp³-hybridized carbons (Fsp3) is 0.357. The molecule has 2 aromatic heterocycles. The molecule has 0 aromatic carbocycles. The molecular weight excluding hydrogens is 224 g/mol. The summed E-state index contributed by atoms with van der Waals surface area (Å²) >= 11 is 0. The highest BCUT2D eigenvalue weighted by molar-refractivity contribution is 5.58. The summed E-state index contributed by atoms with van der Waals surface area (Å²) in [6, 6.07) is 3.98. The van der Waals surface area contributed by atoms with Crippen molar-refractivity contribution in [2.45, 2.75) is 33.6 Å². The summed E-state index contributed by atoms with van der Waals surface area (Å²) in [5, 5.41) is 0. The lowest BCUT2D eigenvalue weighted by Gasteiger charge is -2.10. The monoisotopic (exact) mass is 242 g/mol. The summed E-state index contributed by atoms with van der Waals surface area (Å²) < 4.78 is 0. The number of aromatic nitrogens is 3. The molecule has 0 aliphatic rings. The van der Waals surface area contributed by atoms with Gasteiger partial charge in [0.15, 0.2) is 5.82 Å².